The van der Waals surface area contributed by atoms with Gasteiger partial charge >= 0.3 is 0 Å². The van der Waals surface area contributed by atoms with E-state index in [-0.39, 0.29) is 105 Å². The summed E-state index contributed by atoms with van der Waals surface area (Å²) in [6, 6.07) is 135. The Hall–Kier alpha value is -12.0. The summed E-state index contributed by atoms with van der Waals surface area (Å²) in [6.07, 6.45) is 5.40. The Kier molecular flexibility index (Phi) is 35.3. The van der Waals surface area contributed by atoms with Crippen molar-refractivity contribution in [2.75, 3.05) is 0 Å². The molecule has 0 atom stereocenters. The van der Waals surface area contributed by atoms with Gasteiger partial charge in [0.1, 0.15) is 91.1 Å². The molecular formula is C119H131O10S5+5. The number of hydrogen-bond acceptors (Lipinski definition) is 10. The summed E-state index contributed by atoms with van der Waals surface area (Å²) in [5, 5.41) is 28.5. The topological polar surface area (TPSA) is 125 Å². The molecule has 0 unspecified atom stereocenters. The van der Waals surface area contributed by atoms with E-state index in [1.807, 2.05) is 36.4 Å². The molecule has 1 fully saturated rings. The maximum absolute atomic E-state index is 9.49. The molecule has 16 rings (SSSR count). The lowest BCUT2D eigenvalue weighted by atomic mass is 10.2. The normalized spacial score (nSPS) is 12.4. The molecule has 10 nitrogen and oxygen atoms in total. The van der Waals surface area contributed by atoms with E-state index >= 15 is 0 Å². The van der Waals surface area contributed by atoms with Crippen LogP contribution in [0.25, 0.3) is 0 Å². The molecule has 0 heterocycles. The lowest BCUT2D eigenvalue weighted by molar-refractivity contribution is 0.130. The fraction of sp³-hybridized carbons (Fsp3) is 0.244. The average molecular weight is 1880 g/mol. The van der Waals surface area contributed by atoms with Crippen molar-refractivity contribution in [1.82, 2.24) is 0 Å². The van der Waals surface area contributed by atoms with Gasteiger partial charge in [-0.1, -0.05) is 91.0 Å². The zero-order valence-corrected chi connectivity index (χ0v) is 84.8. The lowest BCUT2D eigenvalue weighted by Gasteiger charge is -2.22. The summed E-state index contributed by atoms with van der Waals surface area (Å²) in [7, 11) is -1.02. The van der Waals surface area contributed by atoms with Crippen LogP contribution in [0.5, 0.6) is 57.5 Å². The van der Waals surface area contributed by atoms with Gasteiger partial charge in [-0.15, -0.1) is 0 Å². The second kappa shape index (κ2) is 46.8. The van der Waals surface area contributed by atoms with E-state index in [0.717, 1.165) is 54.9 Å². The monoisotopic (exact) mass is 1880 g/mol. The summed E-state index contributed by atoms with van der Waals surface area (Å²) in [4.78, 5) is 18.6. The van der Waals surface area contributed by atoms with Crippen LogP contribution in [0.4, 0.5) is 0 Å². The van der Waals surface area contributed by atoms with Crippen LogP contribution in [0.3, 0.4) is 0 Å². The molecule has 0 bridgehead atoms. The predicted octanol–water partition coefficient (Wildman–Crippen LogP) is 31.4. The zero-order chi connectivity index (χ0) is 95.6. The Bertz CT molecular complexity index is 5590. The molecule has 1 aliphatic carbocycles. The molecule has 1 saturated carbocycles. The van der Waals surface area contributed by atoms with Gasteiger partial charge in [0.05, 0.1) is 60.6 Å². The molecular weight excluding hydrogens is 1750 g/mol. The van der Waals surface area contributed by atoms with E-state index < -0.39 is 0 Å². The molecule has 0 aromatic heterocycles. The standard InChI is InChI=1S/C30H39O3S.C26H31O2S.C23H23OS.C22H23OS.C18H14O3S/c1-28(2,3)31-22-10-16-25(17-11-22)34(26-18-12-23(13-19-26)32-29(4,5)6)27-20-14-24(15-21-27)33-30(7,8)9;1-25(2,3)27-20-12-16-23(17-13-20)29(22-10-8-7-9-11-22)24-18-14-21(15-19-24)28-26(4,5)6;1-3-11-21(12-4-1)25(22-13-5-2-6-14-22)23-17-15-20(16-18-23)24-19-9-7-8-10-19;1-22(2,3)23-18-14-16-21(17-15-18)24(19-10-6-4-7-11-19)20-12-8-5-9-13-20;19-13-1-7-16(8-2-13)22(17-9-3-14(20)4-10-17)18-11-5-15(21)6-12-18/h10-21H,1-9H3;7-19H,1-6H3;1-6,11-19H,7-10H2;4-17H,1-3H3;1-12H,(H2-,19,20,21)/q4*+1;/p+1. The van der Waals surface area contributed by atoms with Gasteiger partial charge < -0.3 is 48.5 Å². The molecule has 15 heteroatoms. The van der Waals surface area contributed by atoms with Crippen LogP contribution in [-0.4, -0.2) is 55.0 Å². The summed E-state index contributed by atoms with van der Waals surface area (Å²) in [5.74, 6) is 7.01. The van der Waals surface area contributed by atoms with Crippen molar-refractivity contribution in [1.29, 1.82) is 0 Å². The third-order valence-corrected chi connectivity index (χ3v) is 30.8. The Morgan fingerprint density at radius 1 is 0.172 bits per heavy atom. The first-order valence-corrected chi connectivity index (χ1v) is 51.8. The van der Waals surface area contributed by atoms with Crippen LogP contribution >= 0.6 is 0 Å². The van der Waals surface area contributed by atoms with E-state index in [0.29, 0.717) is 6.10 Å². The largest absolute Gasteiger partial charge is 0.508 e. The first-order valence-electron chi connectivity index (χ1n) is 45.7. The Labute approximate surface area is 811 Å². The highest BCUT2D eigenvalue weighted by atomic mass is 32.2. The van der Waals surface area contributed by atoms with Crippen LogP contribution in [0.2, 0.25) is 0 Å². The number of ether oxygens (including phenoxy) is 7. The fourth-order valence-corrected chi connectivity index (χ4v) is 24.7. The number of phenolic OH excluding ortho intramolecular Hbond substituents is 3. The van der Waals surface area contributed by atoms with E-state index in [1.54, 1.807) is 36.4 Å². The minimum Gasteiger partial charge on any atom is -0.508 e. The van der Waals surface area contributed by atoms with Crippen molar-refractivity contribution in [3.63, 3.8) is 0 Å². The third-order valence-electron chi connectivity index (χ3n) is 19.7. The number of hydrogen-bond donors (Lipinski definition) is 3. The van der Waals surface area contributed by atoms with E-state index in [2.05, 4.69) is 446 Å². The smallest absolute Gasteiger partial charge is 0.166 e. The van der Waals surface area contributed by atoms with Gasteiger partial charge in [0.2, 0.25) is 0 Å². The minimum absolute atomic E-state index is 0.0824. The summed E-state index contributed by atoms with van der Waals surface area (Å²) in [5.41, 5.74) is -1.27. The Morgan fingerprint density at radius 3 is 0.440 bits per heavy atom. The van der Waals surface area contributed by atoms with Gasteiger partial charge in [0.25, 0.3) is 0 Å². The Morgan fingerprint density at radius 2 is 0.299 bits per heavy atom. The first kappa shape index (κ1) is 101. The van der Waals surface area contributed by atoms with Crippen molar-refractivity contribution >= 4 is 54.5 Å². The molecule has 134 heavy (non-hydrogen) atoms. The maximum Gasteiger partial charge on any atom is 0.166 e. The molecule has 0 spiro atoms. The highest BCUT2D eigenvalue weighted by molar-refractivity contribution is 7.98. The minimum atomic E-state index is -0.373. The van der Waals surface area contributed by atoms with E-state index in [9.17, 15) is 15.3 Å². The average Bonchev–Trinajstić information content (AvgIpc) is 0.929. The molecule has 15 aromatic carbocycles. The van der Waals surface area contributed by atoms with Crippen molar-refractivity contribution in [3.05, 3.63) is 394 Å². The molecule has 1 aliphatic rings. The van der Waals surface area contributed by atoms with Crippen molar-refractivity contribution in [2.45, 2.75) is 263 Å². The highest BCUT2D eigenvalue weighted by Crippen LogP contribution is 2.41. The maximum atomic E-state index is 9.49. The number of benzene rings is 15. The summed E-state index contributed by atoms with van der Waals surface area (Å²) in [6.45, 7) is 37.2. The van der Waals surface area contributed by atoms with Crippen LogP contribution in [0, 0.1) is 0 Å². The molecule has 0 aliphatic heterocycles. The van der Waals surface area contributed by atoms with Gasteiger partial charge in [-0.25, -0.2) is 0 Å². The molecule has 692 valence electrons. The Balaban J connectivity index is 0.000000152. The molecule has 0 amide bonds. The number of aromatic hydroxyl groups is 3. The van der Waals surface area contributed by atoms with Crippen LogP contribution in [0.1, 0.15) is 150 Å². The second-order valence-corrected chi connectivity index (χ2v) is 48.3. The fourth-order valence-electron chi connectivity index (χ4n) is 14.4. The van der Waals surface area contributed by atoms with Crippen LogP contribution in [-0.2, 0) is 54.5 Å². The molecule has 0 saturated heterocycles. The van der Waals surface area contributed by atoms with Gasteiger partial charge in [-0.05, 0) is 454 Å². The van der Waals surface area contributed by atoms with Crippen LogP contribution < -0.4 is 33.2 Å². The lowest BCUT2D eigenvalue weighted by Crippen LogP contribution is -2.23. The zero-order valence-electron chi connectivity index (χ0n) is 80.7. The van der Waals surface area contributed by atoms with Gasteiger partial charge in [0.15, 0.2) is 73.4 Å². The van der Waals surface area contributed by atoms with Gasteiger partial charge in [-0.2, -0.15) is 0 Å². The third kappa shape index (κ3) is 32.4. The summed E-state index contributed by atoms with van der Waals surface area (Å²) >= 11 is 0. The highest BCUT2D eigenvalue weighted by Gasteiger charge is 2.36. The van der Waals surface area contributed by atoms with Gasteiger partial charge in [-0.3, -0.25) is 0 Å². The molecule has 0 radical (unpaired) electrons. The number of rotatable bonds is 23. The SMILES string of the molecule is CC(C)(C)Oc1ccc([S+](c2ccc(OC(C)(C)C)cc2)c2ccc(OC(C)(C)C)cc2)cc1.CC(C)(C)Oc1ccc([S+](c2ccccc2)c2ccc(OC(C)(C)C)cc2)cc1.CC(C)(C)Oc1ccc([S+](c2ccccc2)c2ccccc2)cc1.Oc1ccc([S+](c2ccc(O)cc2)c2ccc(O)cc2)cc1.c1ccc([S+](c2ccccc2)c2ccc(OC3CCCC3)cc2)cc1. The van der Waals surface area contributed by atoms with E-state index in [4.69, 9.17) is 33.2 Å². The van der Waals surface area contributed by atoms with Crippen molar-refractivity contribution < 1.29 is 48.5 Å². The van der Waals surface area contributed by atoms with Gasteiger partial charge in [0, 0.05) is 0 Å². The van der Waals surface area contributed by atoms with Crippen LogP contribution in [0.15, 0.2) is 468 Å². The second-order valence-electron chi connectivity index (χ2n) is 38.2. The molecule has 3 N–H and O–H groups in total. The molecule has 15 aromatic rings. The number of phenols is 3. The predicted molar refractivity (Wildman–Crippen MR) is 558 cm³/mol. The first-order chi connectivity index (χ1) is 63.8. The quantitative estimate of drug-likeness (QED) is 0.0533. The van der Waals surface area contributed by atoms with E-state index in [1.165, 1.54) is 84.4 Å². The van der Waals surface area contributed by atoms with Crippen molar-refractivity contribution in [3.8, 4) is 57.5 Å². The summed E-state index contributed by atoms with van der Waals surface area (Å²) < 4.78 is 42.2. The van der Waals surface area contributed by atoms with Crippen molar-refractivity contribution in [2.24, 2.45) is 0 Å².